The summed E-state index contributed by atoms with van der Waals surface area (Å²) in [5.41, 5.74) is -0.289. The lowest BCUT2D eigenvalue weighted by molar-refractivity contribution is -0.167. The fourth-order valence-corrected chi connectivity index (χ4v) is 5.09. The summed E-state index contributed by atoms with van der Waals surface area (Å²) in [6.07, 6.45) is -6.63. The summed E-state index contributed by atoms with van der Waals surface area (Å²) < 4.78 is 52.1. The summed E-state index contributed by atoms with van der Waals surface area (Å²) in [5.74, 6) is 0.669. The van der Waals surface area contributed by atoms with Gasteiger partial charge in [0.05, 0.1) is 23.7 Å². The molecule has 9 nitrogen and oxygen atoms in total. The molecule has 3 heterocycles. The van der Waals surface area contributed by atoms with Gasteiger partial charge in [-0.1, -0.05) is 25.4 Å². The lowest BCUT2D eigenvalue weighted by Gasteiger charge is -2.35. The molecule has 0 bridgehead atoms. The Morgan fingerprint density at radius 2 is 2.00 bits per heavy atom. The maximum atomic E-state index is 13.2. The summed E-state index contributed by atoms with van der Waals surface area (Å²) in [6.45, 7) is 5.61. The van der Waals surface area contributed by atoms with Gasteiger partial charge in [0.15, 0.2) is 0 Å². The quantitative estimate of drug-likeness (QED) is 0.348. The molecule has 0 amide bonds. The van der Waals surface area contributed by atoms with Crippen LogP contribution in [0.25, 0.3) is 16.6 Å². The molecule has 1 atom stereocenters. The SMILES string of the molecule is Cc1cc(-n2nc(C#N)c(=O)[nH]c2=O)cc(Cl)c1Oc1ccc2[nH]c3c(c2c1)C(C)(C)COC3CC(F)(F)F. The number of aromatic nitrogens is 4. The van der Waals surface area contributed by atoms with E-state index >= 15 is 0 Å². The van der Waals surface area contributed by atoms with Crippen LogP contribution in [0.3, 0.4) is 0 Å². The van der Waals surface area contributed by atoms with E-state index in [4.69, 9.17) is 26.3 Å². The number of nitrogens with one attached hydrogen (secondary N) is 2. The van der Waals surface area contributed by atoms with Crippen molar-refractivity contribution in [1.29, 1.82) is 5.26 Å². The van der Waals surface area contributed by atoms with Gasteiger partial charge >= 0.3 is 11.9 Å². The van der Waals surface area contributed by atoms with Gasteiger partial charge in [0, 0.05) is 22.0 Å². The molecule has 2 N–H and O–H groups in total. The summed E-state index contributed by atoms with van der Waals surface area (Å²) in [7, 11) is 0. The highest BCUT2D eigenvalue weighted by molar-refractivity contribution is 6.32. The number of nitriles is 1. The first-order chi connectivity index (χ1) is 18.3. The number of fused-ring (bicyclic) bond motifs is 3. The fourth-order valence-electron chi connectivity index (χ4n) is 4.79. The third-order valence-corrected chi connectivity index (χ3v) is 6.75. The van der Waals surface area contributed by atoms with Crippen molar-refractivity contribution in [2.45, 2.75) is 44.9 Å². The Labute approximate surface area is 223 Å². The predicted molar refractivity (Wildman–Crippen MR) is 136 cm³/mol. The second kappa shape index (κ2) is 9.29. The molecule has 4 aromatic rings. The van der Waals surface area contributed by atoms with Crippen LogP contribution in [0.2, 0.25) is 5.02 Å². The number of nitrogens with zero attached hydrogens (tertiary/aromatic N) is 3. The first-order valence-electron chi connectivity index (χ1n) is 11.7. The molecule has 0 aliphatic carbocycles. The van der Waals surface area contributed by atoms with Crippen LogP contribution >= 0.6 is 11.6 Å². The van der Waals surface area contributed by atoms with Gasteiger partial charge in [-0.2, -0.15) is 23.1 Å². The lowest BCUT2D eigenvalue weighted by atomic mass is 9.80. The first-order valence-corrected chi connectivity index (χ1v) is 12.1. The molecule has 39 heavy (non-hydrogen) atoms. The standard InChI is InChI=1S/C26H21ClF3N5O4/c1-12-6-13(35-24(37)33-23(36)18(10-31)34-35)7-16(27)22(12)39-14-4-5-17-15(8-14)20-21(32-17)19(9-26(28,29)30)38-11-25(20,2)3/h4-8,19,32H,9,11H2,1-3H3,(H,33,36,37). The number of hydrogen-bond donors (Lipinski definition) is 2. The minimum Gasteiger partial charge on any atom is -0.456 e. The molecule has 1 aliphatic rings. The van der Waals surface area contributed by atoms with E-state index in [1.165, 1.54) is 6.07 Å². The number of hydrogen-bond acceptors (Lipinski definition) is 6. The largest absolute Gasteiger partial charge is 0.456 e. The Morgan fingerprint density at radius 1 is 1.26 bits per heavy atom. The van der Waals surface area contributed by atoms with Gasteiger partial charge in [-0.05, 0) is 48.4 Å². The third kappa shape index (κ3) is 4.91. The normalized spacial score (nSPS) is 16.6. The van der Waals surface area contributed by atoms with Gasteiger partial charge in [-0.3, -0.25) is 9.78 Å². The highest BCUT2D eigenvalue weighted by atomic mass is 35.5. The van der Waals surface area contributed by atoms with Gasteiger partial charge < -0.3 is 14.5 Å². The molecule has 2 aromatic carbocycles. The lowest BCUT2D eigenvalue weighted by Crippen LogP contribution is -2.33. The first kappa shape index (κ1) is 26.5. The van der Waals surface area contributed by atoms with Crippen molar-refractivity contribution in [2.24, 2.45) is 0 Å². The zero-order chi connectivity index (χ0) is 28.3. The second-order valence-corrected chi connectivity index (χ2v) is 10.3. The van der Waals surface area contributed by atoms with Crippen LogP contribution < -0.4 is 16.0 Å². The molecule has 1 aliphatic heterocycles. The molecule has 0 saturated carbocycles. The number of benzene rings is 2. The van der Waals surface area contributed by atoms with E-state index in [0.29, 0.717) is 27.9 Å². The van der Waals surface area contributed by atoms with Crippen molar-refractivity contribution in [1.82, 2.24) is 19.7 Å². The van der Waals surface area contributed by atoms with Crippen LogP contribution in [0.5, 0.6) is 11.5 Å². The van der Waals surface area contributed by atoms with Gasteiger partial charge in [-0.15, -0.1) is 5.10 Å². The summed E-state index contributed by atoms with van der Waals surface area (Å²) in [6, 6.07) is 9.68. The van der Waals surface area contributed by atoms with Crippen LogP contribution in [0.1, 0.15) is 48.9 Å². The Hall–Kier alpha value is -4.08. The van der Waals surface area contributed by atoms with Gasteiger partial charge in [0.1, 0.15) is 23.7 Å². The van der Waals surface area contributed by atoms with E-state index in [-0.39, 0.29) is 23.1 Å². The van der Waals surface area contributed by atoms with E-state index in [0.717, 1.165) is 10.2 Å². The number of aryl methyl sites for hydroxylation is 1. The smallest absolute Gasteiger partial charge is 0.391 e. The minimum absolute atomic E-state index is 0.122. The van der Waals surface area contributed by atoms with Crippen LogP contribution in [0.4, 0.5) is 13.2 Å². The Balaban J connectivity index is 1.54. The monoisotopic (exact) mass is 559 g/mol. The van der Waals surface area contributed by atoms with Crippen molar-refractivity contribution in [2.75, 3.05) is 6.61 Å². The Morgan fingerprint density at radius 3 is 2.67 bits per heavy atom. The molecule has 5 rings (SSSR count). The maximum absolute atomic E-state index is 13.2. The van der Waals surface area contributed by atoms with Crippen LogP contribution in [0.15, 0.2) is 39.9 Å². The molecule has 0 saturated heterocycles. The molecule has 0 spiro atoms. The number of halogens is 4. The van der Waals surface area contributed by atoms with Crippen molar-refractivity contribution in [3.8, 4) is 23.3 Å². The number of H-pyrrole nitrogens is 2. The van der Waals surface area contributed by atoms with Crippen molar-refractivity contribution in [3.63, 3.8) is 0 Å². The molecule has 202 valence electrons. The molecular weight excluding hydrogens is 539 g/mol. The molecule has 0 radical (unpaired) electrons. The Kier molecular flexibility index (Phi) is 6.32. The van der Waals surface area contributed by atoms with Crippen molar-refractivity contribution < 1.29 is 22.6 Å². The van der Waals surface area contributed by atoms with E-state index < -0.39 is 41.1 Å². The average molecular weight is 560 g/mol. The minimum atomic E-state index is -4.39. The molecule has 2 aromatic heterocycles. The van der Waals surface area contributed by atoms with Gasteiger partial charge in [0.25, 0.3) is 5.56 Å². The van der Waals surface area contributed by atoms with E-state index in [1.807, 2.05) is 18.8 Å². The molecule has 1 unspecified atom stereocenters. The fraction of sp³-hybridized carbons (Fsp3) is 0.308. The third-order valence-electron chi connectivity index (χ3n) is 6.47. The molecular formula is C26H21ClF3N5O4. The maximum Gasteiger partial charge on any atom is 0.391 e. The average Bonchev–Trinajstić information content (AvgIpc) is 3.23. The van der Waals surface area contributed by atoms with Gasteiger partial charge in [-0.25, -0.2) is 4.79 Å². The zero-order valence-electron chi connectivity index (χ0n) is 20.9. The van der Waals surface area contributed by atoms with Crippen molar-refractivity contribution >= 4 is 22.5 Å². The van der Waals surface area contributed by atoms with E-state index in [9.17, 15) is 22.8 Å². The highest BCUT2D eigenvalue weighted by Crippen LogP contribution is 2.46. The van der Waals surface area contributed by atoms with Crippen LogP contribution in [-0.2, 0) is 10.2 Å². The van der Waals surface area contributed by atoms with E-state index in [2.05, 4.69) is 10.1 Å². The number of aromatic amines is 2. The summed E-state index contributed by atoms with van der Waals surface area (Å²) in [5, 5.41) is 13.7. The second-order valence-electron chi connectivity index (χ2n) is 9.93. The Bertz CT molecular complexity index is 1760. The number of alkyl halides is 3. The molecule has 0 fully saturated rings. The van der Waals surface area contributed by atoms with Crippen LogP contribution in [0, 0.1) is 18.3 Å². The summed E-state index contributed by atoms with van der Waals surface area (Å²) in [4.78, 5) is 29.1. The number of rotatable bonds is 4. The highest BCUT2D eigenvalue weighted by Gasteiger charge is 2.42. The summed E-state index contributed by atoms with van der Waals surface area (Å²) >= 11 is 6.50. The van der Waals surface area contributed by atoms with E-state index in [1.54, 1.807) is 37.3 Å². The zero-order valence-corrected chi connectivity index (χ0v) is 21.6. The van der Waals surface area contributed by atoms with Gasteiger partial charge in [0.2, 0.25) is 5.69 Å². The predicted octanol–water partition coefficient (Wildman–Crippen LogP) is 5.33. The number of ether oxygens (including phenoxy) is 2. The topological polar surface area (TPSA) is 126 Å². The molecule has 13 heteroatoms. The van der Waals surface area contributed by atoms with Crippen molar-refractivity contribution in [3.05, 3.63) is 78.7 Å². The van der Waals surface area contributed by atoms with Crippen LogP contribution in [-0.4, -0.2) is 32.5 Å².